The summed E-state index contributed by atoms with van der Waals surface area (Å²) in [5, 5.41) is 3.29. The molecule has 2 aromatic carbocycles. The van der Waals surface area contributed by atoms with Crippen LogP contribution >= 0.6 is 7.60 Å². The van der Waals surface area contributed by atoms with Crippen molar-refractivity contribution in [3.8, 4) is 5.75 Å². The van der Waals surface area contributed by atoms with Gasteiger partial charge in [-0.3, -0.25) is 4.57 Å². The second-order valence-corrected chi connectivity index (χ2v) is 7.15. The fourth-order valence-electron chi connectivity index (χ4n) is 2.44. The van der Waals surface area contributed by atoms with Crippen LogP contribution in [0.15, 0.2) is 54.6 Å². The lowest BCUT2D eigenvalue weighted by molar-refractivity contribution is 0.214. The maximum Gasteiger partial charge on any atom is 0.357 e. The first-order valence-electron chi connectivity index (χ1n) is 7.98. The molecule has 2 aromatic rings. The van der Waals surface area contributed by atoms with Gasteiger partial charge < -0.3 is 19.1 Å². The third kappa shape index (κ3) is 4.38. The molecule has 1 N–H and O–H groups in total. The van der Waals surface area contributed by atoms with Gasteiger partial charge in [-0.15, -0.1) is 0 Å². The smallest absolute Gasteiger partial charge is 0.357 e. The molecule has 1 unspecified atom stereocenters. The van der Waals surface area contributed by atoms with E-state index < -0.39 is 13.4 Å². The Morgan fingerprint density at radius 1 is 0.958 bits per heavy atom. The summed E-state index contributed by atoms with van der Waals surface area (Å²) in [7, 11) is -1.81. The second-order valence-electron chi connectivity index (χ2n) is 5.03. The predicted molar refractivity (Wildman–Crippen MR) is 96.7 cm³/mol. The summed E-state index contributed by atoms with van der Waals surface area (Å²) in [6, 6.07) is 17.0. The van der Waals surface area contributed by atoms with Gasteiger partial charge in [0.05, 0.1) is 26.0 Å². The molecule has 0 aliphatic heterocycles. The van der Waals surface area contributed by atoms with Gasteiger partial charge in [0.15, 0.2) is 5.78 Å². The average Bonchev–Trinajstić information content (AvgIpc) is 2.61. The van der Waals surface area contributed by atoms with E-state index in [1.54, 1.807) is 21.0 Å². The Hall–Kier alpha value is -1.81. The zero-order valence-electron chi connectivity index (χ0n) is 14.3. The number of anilines is 1. The summed E-state index contributed by atoms with van der Waals surface area (Å²) >= 11 is 0. The average molecular weight is 349 g/mol. The van der Waals surface area contributed by atoms with Crippen molar-refractivity contribution in [1.29, 1.82) is 0 Å². The summed E-state index contributed by atoms with van der Waals surface area (Å²) in [6.45, 7) is 4.20. The molecule has 0 amide bonds. The Balaban J connectivity index is 2.45. The highest BCUT2D eigenvalue weighted by Crippen LogP contribution is 2.61. The van der Waals surface area contributed by atoms with Crippen LogP contribution in [-0.4, -0.2) is 20.3 Å². The van der Waals surface area contributed by atoms with Gasteiger partial charge in [0, 0.05) is 0 Å². The SMILES string of the molecule is CCOP(=O)(OCC)C(Nc1ccccc1OC)c1ccccc1. The van der Waals surface area contributed by atoms with Crippen LogP contribution < -0.4 is 10.1 Å². The van der Waals surface area contributed by atoms with E-state index in [4.69, 9.17) is 13.8 Å². The number of para-hydroxylation sites is 2. The molecule has 2 rings (SSSR count). The fourth-order valence-corrected chi connectivity index (χ4v) is 4.36. The van der Waals surface area contributed by atoms with Gasteiger partial charge in [0.25, 0.3) is 0 Å². The quantitative estimate of drug-likeness (QED) is 0.640. The van der Waals surface area contributed by atoms with Crippen molar-refractivity contribution in [1.82, 2.24) is 0 Å². The first-order valence-corrected chi connectivity index (χ1v) is 9.59. The minimum absolute atomic E-state index is 0.300. The lowest BCUT2D eigenvalue weighted by Crippen LogP contribution is -2.15. The van der Waals surface area contributed by atoms with E-state index in [0.29, 0.717) is 19.0 Å². The first-order chi connectivity index (χ1) is 11.6. The van der Waals surface area contributed by atoms with Gasteiger partial charge in [-0.2, -0.15) is 0 Å². The van der Waals surface area contributed by atoms with E-state index in [0.717, 1.165) is 11.3 Å². The zero-order chi connectivity index (χ0) is 17.4. The molecule has 0 fully saturated rings. The van der Waals surface area contributed by atoms with Crippen molar-refractivity contribution in [3.05, 3.63) is 60.2 Å². The highest BCUT2D eigenvalue weighted by Gasteiger charge is 2.37. The number of hydrogen-bond donors (Lipinski definition) is 1. The standard InChI is InChI=1S/C18H24NO4P/c1-4-22-24(20,23-5-2)18(15-11-7-6-8-12-15)19-16-13-9-10-14-17(16)21-3/h6-14,18-19H,4-5H2,1-3H3. The summed E-state index contributed by atoms with van der Waals surface area (Å²) in [6.07, 6.45) is 0. The molecule has 130 valence electrons. The lowest BCUT2D eigenvalue weighted by atomic mass is 10.2. The summed E-state index contributed by atoms with van der Waals surface area (Å²) in [4.78, 5) is 0. The second kappa shape index (κ2) is 8.88. The van der Waals surface area contributed by atoms with Crippen molar-refractivity contribution in [2.45, 2.75) is 19.6 Å². The number of rotatable bonds is 9. The number of hydrogen-bond acceptors (Lipinski definition) is 5. The van der Waals surface area contributed by atoms with Gasteiger partial charge in [0.1, 0.15) is 5.75 Å². The summed E-state index contributed by atoms with van der Waals surface area (Å²) < 4.78 is 29.9. The molecule has 1 atom stereocenters. The minimum atomic E-state index is -3.41. The van der Waals surface area contributed by atoms with Crippen LogP contribution in [0.25, 0.3) is 0 Å². The van der Waals surface area contributed by atoms with Gasteiger partial charge in [0.2, 0.25) is 0 Å². The van der Waals surface area contributed by atoms with Gasteiger partial charge in [-0.1, -0.05) is 42.5 Å². The molecular weight excluding hydrogens is 325 g/mol. The van der Waals surface area contributed by atoms with Crippen molar-refractivity contribution < 1.29 is 18.3 Å². The third-order valence-corrected chi connectivity index (χ3v) is 5.74. The van der Waals surface area contributed by atoms with Crippen LogP contribution in [-0.2, 0) is 13.6 Å². The van der Waals surface area contributed by atoms with Gasteiger partial charge in [-0.25, -0.2) is 0 Å². The Morgan fingerprint density at radius 3 is 2.12 bits per heavy atom. The molecule has 0 saturated heterocycles. The van der Waals surface area contributed by atoms with E-state index in [-0.39, 0.29) is 0 Å². The van der Waals surface area contributed by atoms with Crippen molar-refractivity contribution in [2.75, 3.05) is 25.6 Å². The van der Waals surface area contributed by atoms with Crippen LogP contribution in [0, 0.1) is 0 Å². The van der Waals surface area contributed by atoms with Crippen molar-refractivity contribution in [2.24, 2.45) is 0 Å². The monoisotopic (exact) mass is 349 g/mol. The van der Waals surface area contributed by atoms with Crippen LogP contribution in [0.3, 0.4) is 0 Å². The Labute approximate surface area is 143 Å². The zero-order valence-corrected chi connectivity index (χ0v) is 15.2. The molecule has 0 aliphatic rings. The van der Waals surface area contributed by atoms with E-state index in [2.05, 4.69) is 5.32 Å². The number of methoxy groups -OCH3 is 1. The fraction of sp³-hybridized carbons (Fsp3) is 0.333. The number of ether oxygens (including phenoxy) is 1. The van der Waals surface area contributed by atoms with Crippen molar-refractivity contribution >= 4 is 13.3 Å². The summed E-state index contributed by atoms with van der Waals surface area (Å²) in [5.74, 6) is 0.0351. The Morgan fingerprint density at radius 2 is 1.54 bits per heavy atom. The van der Waals surface area contributed by atoms with Crippen molar-refractivity contribution in [3.63, 3.8) is 0 Å². The molecule has 0 heterocycles. The van der Waals surface area contributed by atoms with E-state index >= 15 is 0 Å². The van der Waals surface area contributed by atoms with Gasteiger partial charge in [-0.05, 0) is 31.5 Å². The van der Waals surface area contributed by atoms with Crippen LogP contribution in [0.4, 0.5) is 5.69 Å². The highest BCUT2D eigenvalue weighted by atomic mass is 31.2. The number of benzene rings is 2. The lowest BCUT2D eigenvalue weighted by Gasteiger charge is -2.28. The molecule has 0 radical (unpaired) electrons. The summed E-state index contributed by atoms with van der Waals surface area (Å²) in [5.41, 5.74) is 1.56. The largest absolute Gasteiger partial charge is 0.495 e. The molecule has 24 heavy (non-hydrogen) atoms. The first kappa shape index (κ1) is 18.5. The highest BCUT2D eigenvalue weighted by molar-refractivity contribution is 7.54. The molecule has 0 saturated carbocycles. The molecular formula is C18H24NO4P. The Bertz CT molecular complexity index is 668. The third-order valence-electron chi connectivity index (χ3n) is 3.45. The van der Waals surface area contributed by atoms with Gasteiger partial charge >= 0.3 is 7.60 Å². The molecule has 5 nitrogen and oxygen atoms in total. The van der Waals surface area contributed by atoms with Crippen LogP contribution in [0.2, 0.25) is 0 Å². The number of nitrogens with one attached hydrogen (secondary N) is 1. The normalized spacial score (nSPS) is 12.6. The Kier molecular flexibility index (Phi) is 6.85. The minimum Gasteiger partial charge on any atom is -0.495 e. The van der Waals surface area contributed by atoms with Crippen LogP contribution in [0.1, 0.15) is 25.2 Å². The van der Waals surface area contributed by atoms with E-state index in [1.165, 1.54) is 0 Å². The molecule has 6 heteroatoms. The van der Waals surface area contributed by atoms with E-state index in [9.17, 15) is 4.57 Å². The molecule has 0 aromatic heterocycles. The topological polar surface area (TPSA) is 56.8 Å². The molecule has 0 bridgehead atoms. The van der Waals surface area contributed by atoms with Crippen LogP contribution in [0.5, 0.6) is 5.75 Å². The molecule has 0 aliphatic carbocycles. The van der Waals surface area contributed by atoms with E-state index in [1.807, 2.05) is 54.6 Å². The molecule has 0 spiro atoms. The maximum absolute atomic E-state index is 13.4. The maximum atomic E-state index is 13.4. The predicted octanol–water partition coefficient (Wildman–Crippen LogP) is 5.07.